The van der Waals surface area contributed by atoms with Crippen molar-refractivity contribution in [1.82, 2.24) is 14.9 Å². The maximum atomic E-state index is 4.54. The summed E-state index contributed by atoms with van der Waals surface area (Å²) in [7, 11) is 0. The van der Waals surface area contributed by atoms with Crippen LogP contribution >= 0.6 is 0 Å². The Balaban J connectivity index is 1.96. The smallest absolute Gasteiger partial charge is 0.139 e. The van der Waals surface area contributed by atoms with Crippen molar-refractivity contribution in [1.29, 1.82) is 0 Å². The summed E-state index contributed by atoms with van der Waals surface area (Å²) in [4.78, 5) is 5.41. The zero-order chi connectivity index (χ0) is 13.6. The van der Waals surface area contributed by atoms with Gasteiger partial charge in [0, 0.05) is 6.42 Å². The monoisotopic (exact) mass is 262 g/mol. The molecule has 3 aromatic rings. The van der Waals surface area contributed by atoms with Gasteiger partial charge in [-0.25, -0.2) is 4.98 Å². The summed E-state index contributed by atoms with van der Waals surface area (Å²) in [6.07, 6.45) is 3.83. The highest BCUT2D eigenvalue weighted by atomic mass is 15.5. The van der Waals surface area contributed by atoms with Crippen LogP contribution < -0.4 is 0 Å². The summed E-state index contributed by atoms with van der Waals surface area (Å²) < 4.78 is 0. The number of aromatic nitrogens is 3. The van der Waals surface area contributed by atoms with Gasteiger partial charge < -0.3 is 0 Å². The second kappa shape index (κ2) is 5.93. The minimum absolute atomic E-state index is 0.755. The third kappa shape index (κ3) is 2.98. The molecule has 1 aromatic heterocycles. The maximum Gasteiger partial charge on any atom is 0.139 e. The van der Waals surface area contributed by atoms with E-state index in [9.17, 15) is 0 Å². The van der Waals surface area contributed by atoms with E-state index in [2.05, 4.69) is 39.4 Å². The number of nitrogens with zero attached hydrogens (tertiary/aromatic N) is 4. The molecule has 0 aliphatic carbocycles. The predicted octanol–water partition coefficient (Wildman–Crippen LogP) is 2.77. The summed E-state index contributed by atoms with van der Waals surface area (Å²) >= 11 is 0. The first kappa shape index (κ1) is 12.3. The zero-order valence-corrected chi connectivity index (χ0v) is 10.9. The molecule has 0 amide bonds. The summed E-state index contributed by atoms with van der Waals surface area (Å²) in [6, 6.07) is 20.4. The lowest BCUT2D eigenvalue weighted by Gasteiger charge is -2.06. The van der Waals surface area contributed by atoms with Gasteiger partial charge in [0.25, 0.3) is 0 Å². The van der Waals surface area contributed by atoms with Gasteiger partial charge in [-0.15, -0.1) is 9.89 Å². The molecule has 0 unspecified atom stereocenters. The Hall–Kier alpha value is -2.75. The van der Waals surface area contributed by atoms with Gasteiger partial charge in [-0.1, -0.05) is 60.7 Å². The quantitative estimate of drug-likeness (QED) is 0.678. The first-order chi connectivity index (χ1) is 9.92. The molecule has 0 spiro atoms. The molecule has 98 valence electrons. The molecule has 4 heteroatoms. The molecule has 4 nitrogen and oxygen atoms in total. The van der Waals surface area contributed by atoms with Gasteiger partial charge in [-0.2, -0.15) is 5.10 Å². The average Bonchev–Trinajstić information content (AvgIpc) is 3.02. The van der Waals surface area contributed by atoms with Crippen LogP contribution in [-0.4, -0.2) is 20.6 Å². The highest BCUT2D eigenvalue weighted by molar-refractivity contribution is 6.01. The Morgan fingerprint density at radius 3 is 2.30 bits per heavy atom. The van der Waals surface area contributed by atoms with Gasteiger partial charge in [0.05, 0.1) is 5.71 Å². The molecule has 0 fully saturated rings. The van der Waals surface area contributed by atoms with E-state index in [1.807, 2.05) is 36.4 Å². The maximum absolute atomic E-state index is 4.54. The van der Waals surface area contributed by atoms with E-state index < -0.39 is 0 Å². The molecule has 0 saturated carbocycles. The Bertz CT molecular complexity index is 673. The molecular formula is C16H14N4. The molecule has 0 bridgehead atoms. The fraction of sp³-hybridized carbons (Fsp3) is 0.0625. The Kier molecular flexibility index (Phi) is 3.64. The summed E-state index contributed by atoms with van der Waals surface area (Å²) in [5.41, 5.74) is 3.27. The van der Waals surface area contributed by atoms with Crippen molar-refractivity contribution < 1.29 is 0 Å². The molecule has 0 aliphatic rings. The molecular weight excluding hydrogens is 248 g/mol. The second-order valence-electron chi connectivity index (χ2n) is 4.39. The van der Waals surface area contributed by atoms with Crippen LogP contribution in [0.1, 0.15) is 11.1 Å². The molecule has 20 heavy (non-hydrogen) atoms. The lowest BCUT2D eigenvalue weighted by molar-refractivity contribution is 0.736. The molecule has 0 atom stereocenters. The van der Waals surface area contributed by atoms with Crippen LogP contribution in [0.5, 0.6) is 0 Å². The Morgan fingerprint density at radius 2 is 1.65 bits per heavy atom. The summed E-state index contributed by atoms with van der Waals surface area (Å²) in [5, 5.41) is 8.59. The van der Waals surface area contributed by atoms with Crippen LogP contribution in [0.2, 0.25) is 0 Å². The van der Waals surface area contributed by atoms with Crippen LogP contribution in [0.3, 0.4) is 0 Å². The van der Waals surface area contributed by atoms with Crippen molar-refractivity contribution in [3.63, 3.8) is 0 Å². The number of hydrogen-bond acceptors (Lipinski definition) is 3. The van der Waals surface area contributed by atoms with E-state index in [1.54, 1.807) is 6.33 Å². The lowest BCUT2D eigenvalue weighted by atomic mass is 10.0. The first-order valence-corrected chi connectivity index (χ1v) is 6.43. The van der Waals surface area contributed by atoms with E-state index in [0.717, 1.165) is 17.7 Å². The van der Waals surface area contributed by atoms with Crippen molar-refractivity contribution >= 4 is 5.71 Å². The van der Waals surface area contributed by atoms with Gasteiger partial charge in [0.2, 0.25) is 0 Å². The molecule has 2 aromatic carbocycles. The molecule has 0 aliphatic heterocycles. The van der Waals surface area contributed by atoms with Crippen LogP contribution in [0.25, 0.3) is 0 Å². The standard InChI is InChI=1S/C16H14N4/c1-3-7-14(8-4-1)11-16(15-9-5-2-6-10-15)19-20-13-17-12-18-20/h1-10,12-13H,11H2/b19-16-. The largest absolute Gasteiger partial charge is 0.221 e. The van der Waals surface area contributed by atoms with Crippen molar-refractivity contribution in [2.75, 3.05) is 0 Å². The van der Waals surface area contributed by atoms with Gasteiger partial charge in [-0.05, 0) is 11.1 Å². The van der Waals surface area contributed by atoms with Crippen molar-refractivity contribution in [2.24, 2.45) is 5.10 Å². The molecule has 0 radical (unpaired) electrons. The average molecular weight is 262 g/mol. The molecule has 0 N–H and O–H groups in total. The van der Waals surface area contributed by atoms with Gasteiger partial charge in [0.15, 0.2) is 0 Å². The minimum Gasteiger partial charge on any atom is -0.221 e. The zero-order valence-electron chi connectivity index (χ0n) is 10.9. The molecule has 0 saturated heterocycles. The third-order valence-corrected chi connectivity index (χ3v) is 2.95. The van der Waals surface area contributed by atoms with Gasteiger partial charge >= 0.3 is 0 Å². The normalized spacial score (nSPS) is 11.5. The highest BCUT2D eigenvalue weighted by Crippen LogP contribution is 2.09. The van der Waals surface area contributed by atoms with Gasteiger partial charge in [-0.3, -0.25) is 0 Å². The Labute approximate surface area is 117 Å². The van der Waals surface area contributed by atoms with Crippen molar-refractivity contribution in [3.8, 4) is 0 Å². The van der Waals surface area contributed by atoms with E-state index in [0.29, 0.717) is 0 Å². The lowest BCUT2D eigenvalue weighted by Crippen LogP contribution is -2.08. The fourth-order valence-corrected chi connectivity index (χ4v) is 1.99. The predicted molar refractivity (Wildman–Crippen MR) is 78.5 cm³/mol. The van der Waals surface area contributed by atoms with Gasteiger partial charge in [0.1, 0.15) is 12.7 Å². The van der Waals surface area contributed by atoms with Crippen LogP contribution in [0, 0.1) is 0 Å². The van der Waals surface area contributed by atoms with E-state index in [-0.39, 0.29) is 0 Å². The fourth-order valence-electron chi connectivity index (χ4n) is 1.99. The SMILES string of the molecule is c1ccc(C/C(=N/n2cncn2)c2ccccc2)cc1. The minimum atomic E-state index is 0.755. The third-order valence-electron chi connectivity index (χ3n) is 2.95. The molecule has 3 rings (SSSR count). The molecule has 1 heterocycles. The van der Waals surface area contributed by atoms with E-state index >= 15 is 0 Å². The Morgan fingerprint density at radius 1 is 0.950 bits per heavy atom. The number of rotatable bonds is 4. The van der Waals surface area contributed by atoms with Crippen LogP contribution in [0.4, 0.5) is 0 Å². The summed E-state index contributed by atoms with van der Waals surface area (Å²) in [6.45, 7) is 0. The van der Waals surface area contributed by atoms with Crippen LogP contribution in [0.15, 0.2) is 78.4 Å². The number of hydrogen-bond donors (Lipinski definition) is 0. The van der Waals surface area contributed by atoms with E-state index in [4.69, 9.17) is 0 Å². The highest BCUT2D eigenvalue weighted by Gasteiger charge is 2.05. The topological polar surface area (TPSA) is 43.1 Å². The second-order valence-corrected chi connectivity index (χ2v) is 4.39. The number of benzene rings is 2. The van der Waals surface area contributed by atoms with Crippen molar-refractivity contribution in [2.45, 2.75) is 6.42 Å². The first-order valence-electron chi connectivity index (χ1n) is 6.43. The van der Waals surface area contributed by atoms with Crippen molar-refractivity contribution in [3.05, 3.63) is 84.4 Å². The van der Waals surface area contributed by atoms with Crippen LogP contribution in [-0.2, 0) is 6.42 Å². The van der Waals surface area contributed by atoms with E-state index in [1.165, 1.54) is 16.7 Å². The summed E-state index contributed by atoms with van der Waals surface area (Å²) in [5.74, 6) is 0.